The van der Waals surface area contributed by atoms with E-state index in [4.69, 9.17) is 5.73 Å². The van der Waals surface area contributed by atoms with Crippen molar-refractivity contribution in [2.75, 3.05) is 0 Å². The Morgan fingerprint density at radius 1 is 1.23 bits per heavy atom. The number of primary amides is 1. The summed E-state index contributed by atoms with van der Waals surface area (Å²) in [5.74, 6) is 0.281. The van der Waals surface area contributed by atoms with Crippen molar-refractivity contribution in [1.82, 2.24) is 20.1 Å². The number of urea groups is 1. The molecule has 0 aliphatic carbocycles. The van der Waals surface area contributed by atoms with Gasteiger partial charge in [0.2, 0.25) is 5.91 Å². The van der Waals surface area contributed by atoms with Crippen LogP contribution in [0.15, 0.2) is 53.0 Å². The van der Waals surface area contributed by atoms with Gasteiger partial charge < -0.3 is 5.73 Å². The zero-order chi connectivity index (χ0) is 18.5. The number of thiophene rings is 1. The van der Waals surface area contributed by atoms with Gasteiger partial charge in [-0.15, -0.1) is 21.5 Å². The van der Waals surface area contributed by atoms with Crippen LogP contribution >= 0.6 is 23.1 Å². The Labute approximate surface area is 158 Å². The zero-order valence-corrected chi connectivity index (χ0v) is 15.6. The normalized spacial score (nSPS) is 11.9. The lowest BCUT2D eigenvalue weighted by atomic mass is 10.2. The maximum Gasteiger partial charge on any atom is 0.318 e. The molecule has 3 aromatic rings. The number of thioether (sulfide) groups is 1. The predicted molar refractivity (Wildman–Crippen MR) is 102 cm³/mol. The van der Waals surface area contributed by atoms with Crippen LogP contribution in [0.5, 0.6) is 0 Å². The molecule has 134 valence electrons. The fraction of sp³-hybridized carbons (Fsp3) is 0.176. The summed E-state index contributed by atoms with van der Waals surface area (Å²) < 4.78 is 1.97. The van der Waals surface area contributed by atoms with Crippen LogP contribution in [0.1, 0.15) is 12.5 Å². The number of nitrogens with zero attached hydrogens (tertiary/aromatic N) is 3. The number of rotatable bonds is 6. The van der Waals surface area contributed by atoms with Crippen LogP contribution < -0.4 is 11.1 Å². The van der Waals surface area contributed by atoms with Crippen molar-refractivity contribution in [2.45, 2.75) is 23.9 Å². The molecule has 7 nitrogen and oxygen atoms in total. The van der Waals surface area contributed by atoms with E-state index in [1.54, 1.807) is 18.3 Å². The Bertz CT molecular complexity index is 893. The molecule has 0 unspecified atom stereocenters. The fourth-order valence-electron chi connectivity index (χ4n) is 2.31. The number of carbonyl (C=O) groups excluding carboxylic acids is 2. The van der Waals surface area contributed by atoms with Crippen molar-refractivity contribution < 1.29 is 9.59 Å². The van der Waals surface area contributed by atoms with E-state index in [2.05, 4.69) is 15.5 Å². The van der Waals surface area contributed by atoms with Crippen LogP contribution in [0.25, 0.3) is 10.7 Å². The quantitative estimate of drug-likeness (QED) is 0.633. The Morgan fingerprint density at radius 2 is 2.00 bits per heavy atom. The number of imide groups is 1. The van der Waals surface area contributed by atoms with Crippen LogP contribution in [0, 0.1) is 0 Å². The summed E-state index contributed by atoms with van der Waals surface area (Å²) in [5.41, 5.74) is 6.11. The van der Waals surface area contributed by atoms with Gasteiger partial charge in [0.25, 0.3) is 0 Å². The molecular weight excluding hydrogens is 370 g/mol. The Balaban J connectivity index is 1.90. The molecule has 0 bridgehead atoms. The first-order valence-electron chi connectivity index (χ1n) is 7.82. The summed E-state index contributed by atoms with van der Waals surface area (Å²) in [6, 6.07) is 13.0. The average Bonchev–Trinajstić information content (AvgIpc) is 3.26. The van der Waals surface area contributed by atoms with E-state index in [9.17, 15) is 9.59 Å². The minimum Gasteiger partial charge on any atom is -0.351 e. The number of hydrogen-bond donors (Lipinski definition) is 2. The van der Waals surface area contributed by atoms with E-state index in [0.717, 1.165) is 16.3 Å². The van der Waals surface area contributed by atoms with Crippen LogP contribution in [-0.2, 0) is 11.3 Å². The molecule has 3 amide bonds. The molecule has 0 aliphatic rings. The number of amides is 3. The minimum atomic E-state index is -0.868. The van der Waals surface area contributed by atoms with Gasteiger partial charge in [-0.05, 0) is 23.9 Å². The number of carbonyl (C=O) groups is 2. The molecule has 0 aliphatic heterocycles. The van der Waals surface area contributed by atoms with Crippen LogP contribution in [0.4, 0.5) is 4.79 Å². The van der Waals surface area contributed by atoms with Crippen molar-refractivity contribution in [3.63, 3.8) is 0 Å². The number of hydrogen-bond acceptors (Lipinski definition) is 6. The van der Waals surface area contributed by atoms with Crippen molar-refractivity contribution in [3.8, 4) is 10.7 Å². The molecule has 3 rings (SSSR count). The van der Waals surface area contributed by atoms with Crippen molar-refractivity contribution in [3.05, 3.63) is 53.4 Å². The third-order valence-corrected chi connectivity index (χ3v) is 5.49. The third kappa shape index (κ3) is 4.30. The van der Waals surface area contributed by atoms with Gasteiger partial charge in [0.05, 0.1) is 16.7 Å². The van der Waals surface area contributed by atoms with Crippen molar-refractivity contribution >= 4 is 35.0 Å². The van der Waals surface area contributed by atoms with E-state index in [0.29, 0.717) is 11.7 Å². The molecule has 2 heterocycles. The number of aromatic nitrogens is 3. The van der Waals surface area contributed by atoms with Gasteiger partial charge in [0, 0.05) is 0 Å². The second-order valence-electron chi connectivity index (χ2n) is 5.47. The highest BCUT2D eigenvalue weighted by molar-refractivity contribution is 8.00. The maximum absolute atomic E-state index is 12.0. The highest BCUT2D eigenvalue weighted by Gasteiger charge is 2.22. The molecule has 0 saturated carbocycles. The molecule has 0 fully saturated rings. The first-order chi connectivity index (χ1) is 12.5. The molecule has 9 heteroatoms. The van der Waals surface area contributed by atoms with Gasteiger partial charge in [-0.25, -0.2) is 4.79 Å². The minimum absolute atomic E-state index is 0.463. The Hall–Kier alpha value is -2.65. The SMILES string of the molecule is C[C@H](Sc1nnc(-c2cccs2)n1Cc1ccccc1)C(=O)NC(N)=O. The van der Waals surface area contributed by atoms with Crippen LogP contribution in [0.2, 0.25) is 0 Å². The summed E-state index contributed by atoms with van der Waals surface area (Å²) in [6.45, 7) is 2.27. The first kappa shape index (κ1) is 18.2. The lowest BCUT2D eigenvalue weighted by Crippen LogP contribution is -2.39. The van der Waals surface area contributed by atoms with Crippen molar-refractivity contribution in [2.24, 2.45) is 5.73 Å². The Morgan fingerprint density at radius 3 is 2.65 bits per heavy atom. The molecule has 1 aromatic carbocycles. The lowest BCUT2D eigenvalue weighted by Gasteiger charge is -2.12. The van der Waals surface area contributed by atoms with E-state index in [1.807, 2.05) is 52.4 Å². The number of nitrogens with one attached hydrogen (secondary N) is 1. The molecule has 0 spiro atoms. The van der Waals surface area contributed by atoms with Gasteiger partial charge in [0.1, 0.15) is 0 Å². The summed E-state index contributed by atoms with van der Waals surface area (Å²) in [4.78, 5) is 23.9. The van der Waals surface area contributed by atoms with Crippen molar-refractivity contribution in [1.29, 1.82) is 0 Å². The van der Waals surface area contributed by atoms with Gasteiger partial charge >= 0.3 is 6.03 Å². The largest absolute Gasteiger partial charge is 0.351 e. The maximum atomic E-state index is 12.0. The highest BCUT2D eigenvalue weighted by atomic mass is 32.2. The van der Waals surface area contributed by atoms with Gasteiger partial charge in [-0.2, -0.15) is 0 Å². The highest BCUT2D eigenvalue weighted by Crippen LogP contribution is 2.30. The van der Waals surface area contributed by atoms with Gasteiger partial charge in [-0.1, -0.05) is 48.2 Å². The lowest BCUT2D eigenvalue weighted by molar-refractivity contribution is -0.119. The number of benzene rings is 1. The molecule has 3 N–H and O–H groups in total. The molecule has 0 radical (unpaired) electrons. The second kappa shape index (κ2) is 8.15. The summed E-state index contributed by atoms with van der Waals surface area (Å²) in [6.07, 6.45) is 0. The van der Waals surface area contributed by atoms with E-state index < -0.39 is 17.2 Å². The standard InChI is InChI=1S/C17H17N5O2S2/c1-11(15(23)19-16(18)24)26-17-21-20-14(13-8-5-9-25-13)22(17)10-12-6-3-2-4-7-12/h2-9,11H,10H2,1H3,(H3,18,19,23,24)/t11-/m0/s1. The van der Waals surface area contributed by atoms with E-state index in [-0.39, 0.29) is 0 Å². The third-order valence-electron chi connectivity index (χ3n) is 3.54. The first-order valence-corrected chi connectivity index (χ1v) is 9.58. The molecule has 2 aromatic heterocycles. The molecule has 26 heavy (non-hydrogen) atoms. The summed E-state index contributed by atoms with van der Waals surface area (Å²) in [5, 5.41) is 12.7. The van der Waals surface area contributed by atoms with Crippen LogP contribution in [-0.4, -0.2) is 32.0 Å². The van der Waals surface area contributed by atoms with Gasteiger partial charge in [-0.3, -0.25) is 14.7 Å². The second-order valence-corrected chi connectivity index (χ2v) is 7.72. The number of nitrogens with two attached hydrogens (primary N) is 1. The molecule has 0 saturated heterocycles. The predicted octanol–water partition coefficient (Wildman–Crippen LogP) is 2.73. The Kier molecular flexibility index (Phi) is 5.69. The zero-order valence-electron chi connectivity index (χ0n) is 14.0. The van der Waals surface area contributed by atoms with E-state index >= 15 is 0 Å². The monoisotopic (exact) mass is 387 g/mol. The fourth-order valence-corrected chi connectivity index (χ4v) is 3.87. The van der Waals surface area contributed by atoms with Gasteiger partial charge in [0.15, 0.2) is 11.0 Å². The molecule has 1 atom stereocenters. The molecular formula is C17H17N5O2S2. The van der Waals surface area contributed by atoms with E-state index in [1.165, 1.54) is 11.8 Å². The summed E-state index contributed by atoms with van der Waals surface area (Å²) >= 11 is 2.81. The summed E-state index contributed by atoms with van der Waals surface area (Å²) in [7, 11) is 0. The average molecular weight is 387 g/mol. The van der Waals surface area contributed by atoms with Crippen LogP contribution in [0.3, 0.4) is 0 Å². The smallest absolute Gasteiger partial charge is 0.318 e. The topological polar surface area (TPSA) is 103 Å².